The second-order valence-electron chi connectivity index (χ2n) is 4.91. The number of anilines is 1. The van der Waals surface area contributed by atoms with Crippen LogP contribution in [-0.4, -0.2) is 5.16 Å². The summed E-state index contributed by atoms with van der Waals surface area (Å²) in [6, 6.07) is 5.23. The van der Waals surface area contributed by atoms with Crippen LogP contribution in [-0.2, 0) is 6.42 Å². The van der Waals surface area contributed by atoms with Crippen LogP contribution in [0.4, 0.5) is 10.3 Å². The molecule has 0 aliphatic rings. The Kier molecular flexibility index (Phi) is 3.36. The number of rotatable bonds is 3. The van der Waals surface area contributed by atoms with Crippen LogP contribution in [0.5, 0.6) is 0 Å². The van der Waals surface area contributed by atoms with Crippen LogP contribution in [0.15, 0.2) is 22.7 Å². The normalized spacial score (nSPS) is 11.2. The Balaban J connectivity index is 2.54. The Bertz CT molecular complexity index is 561. The van der Waals surface area contributed by atoms with Crippen LogP contribution in [0, 0.1) is 18.7 Å². The molecular weight excluding hydrogens is 231 g/mol. The van der Waals surface area contributed by atoms with Gasteiger partial charge in [0.2, 0.25) is 5.88 Å². The van der Waals surface area contributed by atoms with Crippen LogP contribution in [0.25, 0.3) is 11.3 Å². The van der Waals surface area contributed by atoms with Crippen LogP contribution >= 0.6 is 0 Å². The number of nitrogens with two attached hydrogens (primary N) is 1. The maximum atomic E-state index is 14.1. The van der Waals surface area contributed by atoms with E-state index in [0.29, 0.717) is 22.7 Å². The maximum absolute atomic E-state index is 14.1. The molecule has 0 bridgehead atoms. The molecule has 1 heterocycles. The quantitative estimate of drug-likeness (QED) is 0.903. The Morgan fingerprint density at radius 1 is 1.39 bits per heavy atom. The van der Waals surface area contributed by atoms with Crippen molar-refractivity contribution >= 4 is 5.88 Å². The first kappa shape index (κ1) is 12.6. The summed E-state index contributed by atoms with van der Waals surface area (Å²) in [7, 11) is 0. The molecule has 2 rings (SSSR count). The first-order valence-electron chi connectivity index (χ1n) is 6.00. The molecule has 0 fully saturated rings. The molecule has 0 amide bonds. The zero-order chi connectivity index (χ0) is 13.3. The summed E-state index contributed by atoms with van der Waals surface area (Å²) in [5.74, 6) is 0.411. The lowest BCUT2D eigenvalue weighted by atomic mass is 9.98. The summed E-state index contributed by atoms with van der Waals surface area (Å²) in [5, 5.41) is 3.90. The first-order chi connectivity index (χ1) is 8.50. The van der Waals surface area contributed by atoms with Gasteiger partial charge < -0.3 is 10.3 Å². The van der Waals surface area contributed by atoms with Crippen molar-refractivity contribution in [2.75, 3.05) is 5.73 Å². The molecule has 2 N–H and O–H groups in total. The van der Waals surface area contributed by atoms with E-state index in [4.69, 9.17) is 10.3 Å². The van der Waals surface area contributed by atoms with Crippen LogP contribution < -0.4 is 5.73 Å². The van der Waals surface area contributed by atoms with E-state index in [1.54, 1.807) is 25.1 Å². The van der Waals surface area contributed by atoms with Crippen molar-refractivity contribution in [3.63, 3.8) is 0 Å². The van der Waals surface area contributed by atoms with E-state index in [-0.39, 0.29) is 11.7 Å². The molecular formula is C14H17FN2O. The monoisotopic (exact) mass is 248 g/mol. The predicted molar refractivity (Wildman–Crippen MR) is 69.6 cm³/mol. The third-order valence-electron chi connectivity index (χ3n) is 2.88. The van der Waals surface area contributed by atoms with E-state index >= 15 is 0 Å². The van der Waals surface area contributed by atoms with Crippen molar-refractivity contribution in [1.82, 2.24) is 5.16 Å². The molecule has 0 radical (unpaired) electrons. The van der Waals surface area contributed by atoms with Gasteiger partial charge in [-0.2, -0.15) is 0 Å². The summed E-state index contributed by atoms with van der Waals surface area (Å²) in [6.45, 7) is 5.87. The molecule has 3 nitrogen and oxygen atoms in total. The zero-order valence-corrected chi connectivity index (χ0v) is 10.8. The molecule has 18 heavy (non-hydrogen) atoms. The van der Waals surface area contributed by atoms with E-state index < -0.39 is 0 Å². The van der Waals surface area contributed by atoms with Crippen molar-refractivity contribution in [2.45, 2.75) is 27.2 Å². The Morgan fingerprint density at radius 2 is 2.11 bits per heavy atom. The van der Waals surface area contributed by atoms with Gasteiger partial charge in [-0.3, -0.25) is 0 Å². The number of nitrogens with zero attached hydrogens (tertiary/aromatic N) is 1. The van der Waals surface area contributed by atoms with Gasteiger partial charge >= 0.3 is 0 Å². The van der Waals surface area contributed by atoms with Crippen LogP contribution in [0.3, 0.4) is 0 Å². The van der Waals surface area contributed by atoms with Gasteiger partial charge in [0, 0.05) is 11.1 Å². The topological polar surface area (TPSA) is 52.0 Å². The molecule has 0 atom stereocenters. The molecule has 1 aromatic heterocycles. The van der Waals surface area contributed by atoms with Crippen molar-refractivity contribution in [3.05, 3.63) is 35.1 Å². The lowest BCUT2D eigenvalue weighted by molar-refractivity contribution is 0.437. The molecule has 2 aromatic rings. The van der Waals surface area contributed by atoms with E-state index in [1.165, 1.54) is 0 Å². The molecule has 96 valence electrons. The lowest BCUT2D eigenvalue weighted by Gasteiger charge is -2.07. The number of benzene rings is 1. The molecule has 0 spiro atoms. The Labute approximate surface area is 106 Å². The molecule has 1 aromatic carbocycles. The van der Waals surface area contributed by atoms with Gasteiger partial charge in [0.15, 0.2) is 0 Å². The van der Waals surface area contributed by atoms with Crippen molar-refractivity contribution in [1.29, 1.82) is 0 Å². The minimum Gasteiger partial charge on any atom is -0.367 e. The highest BCUT2D eigenvalue weighted by molar-refractivity contribution is 5.68. The summed E-state index contributed by atoms with van der Waals surface area (Å²) < 4.78 is 19.1. The maximum Gasteiger partial charge on any atom is 0.225 e. The second kappa shape index (κ2) is 4.80. The van der Waals surface area contributed by atoms with Gasteiger partial charge in [0.05, 0.1) is 0 Å². The van der Waals surface area contributed by atoms with Gasteiger partial charge in [0.1, 0.15) is 11.5 Å². The summed E-state index contributed by atoms with van der Waals surface area (Å²) >= 11 is 0. The standard InChI is InChI=1S/C14H17FN2O/c1-8(2)7-11-13(17-18-14(11)16)10-6-4-5-9(3)12(10)15/h4-6,8H,7,16H2,1-3H3. The van der Waals surface area contributed by atoms with Gasteiger partial charge in [-0.1, -0.05) is 31.1 Å². The van der Waals surface area contributed by atoms with E-state index in [9.17, 15) is 4.39 Å². The number of aromatic nitrogens is 1. The minimum atomic E-state index is -0.268. The smallest absolute Gasteiger partial charge is 0.225 e. The van der Waals surface area contributed by atoms with E-state index in [1.807, 2.05) is 0 Å². The Hall–Kier alpha value is -1.84. The zero-order valence-electron chi connectivity index (χ0n) is 10.8. The highest BCUT2D eigenvalue weighted by Gasteiger charge is 2.19. The first-order valence-corrected chi connectivity index (χ1v) is 6.00. The average Bonchev–Trinajstić information content (AvgIpc) is 2.64. The summed E-state index contributed by atoms with van der Waals surface area (Å²) in [5.41, 5.74) is 8.10. The fraction of sp³-hybridized carbons (Fsp3) is 0.357. The van der Waals surface area contributed by atoms with Gasteiger partial charge in [-0.25, -0.2) is 4.39 Å². The molecule has 4 heteroatoms. The van der Waals surface area contributed by atoms with Crippen molar-refractivity contribution in [2.24, 2.45) is 5.92 Å². The van der Waals surface area contributed by atoms with E-state index in [2.05, 4.69) is 19.0 Å². The van der Waals surface area contributed by atoms with E-state index in [0.717, 1.165) is 12.0 Å². The molecule has 0 unspecified atom stereocenters. The third kappa shape index (κ3) is 2.23. The van der Waals surface area contributed by atoms with Crippen molar-refractivity contribution in [3.8, 4) is 11.3 Å². The average molecular weight is 248 g/mol. The third-order valence-corrected chi connectivity index (χ3v) is 2.88. The van der Waals surface area contributed by atoms with Gasteiger partial charge in [-0.05, 0) is 30.9 Å². The van der Waals surface area contributed by atoms with Crippen molar-refractivity contribution < 1.29 is 8.91 Å². The highest BCUT2D eigenvalue weighted by atomic mass is 19.1. The summed E-state index contributed by atoms with van der Waals surface area (Å²) in [6.07, 6.45) is 0.720. The number of aryl methyl sites for hydroxylation is 1. The second-order valence-corrected chi connectivity index (χ2v) is 4.91. The SMILES string of the molecule is Cc1cccc(-c2noc(N)c2CC(C)C)c1F. The van der Waals surface area contributed by atoms with Gasteiger partial charge in [0.25, 0.3) is 0 Å². The predicted octanol–water partition coefficient (Wildman–Crippen LogP) is 3.57. The fourth-order valence-electron chi connectivity index (χ4n) is 1.97. The number of nitrogen functional groups attached to an aromatic ring is 1. The minimum absolute atomic E-state index is 0.268. The largest absolute Gasteiger partial charge is 0.367 e. The fourth-order valence-corrected chi connectivity index (χ4v) is 1.97. The van der Waals surface area contributed by atoms with Crippen LogP contribution in [0.2, 0.25) is 0 Å². The lowest BCUT2D eigenvalue weighted by Crippen LogP contribution is -1.99. The summed E-state index contributed by atoms with van der Waals surface area (Å²) in [4.78, 5) is 0. The molecule has 0 aliphatic heterocycles. The number of hydrogen-bond acceptors (Lipinski definition) is 3. The molecule has 0 saturated carbocycles. The Morgan fingerprint density at radius 3 is 2.78 bits per heavy atom. The van der Waals surface area contributed by atoms with Crippen LogP contribution in [0.1, 0.15) is 25.0 Å². The molecule has 0 saturated heterocycles. The number of halogens is 1. The number of hydrogen-bond donors (Lipinski definition) is 1. The highest BCUT2D eigenvalue weighted by Crippen LogP contribution is 2.31. The molecule has 0 aliphatic carbocycles. The van der Waals surface area contributed by atoms with Gasteiger partial charge in [-0.15, -0.1) is 0 Å².